The van der Waals surface area contributed by atoms with E-state index in [0.717, 1.165) is 19.6 Å². The summed E-state index contributed by atoms with van der Waals surface area (Å²) in [6.07, 6.45) is 3.14. The van der Waals surface area contributed by atoms with Gasteiger partial charge in [0, 0.05) is 12.0 Å². The van der Waals surface area contributed by atoms with Crippen molar-refractivity contribution in [2.24, 2.45) is 5.92 Å². The van der Waals surface area contributed by atoms with Gasteiger partial charge in [-0.25, -0.2) is 4.68 Å². The van der Waals surface area contributed by atoms with Gasteiger partial charge in [-0.2, -0.15) is 0 Å². The van der Waals surface area contributed by atoms with Gasteiger partial charge in [-0.15, -0.1) is 5.10 Å². The summed E-state index contributed by atoms with van der Waals surface area (Å²) in [6, 6.07) is 0. The number of hydrogen-bond acceptors (Lipinski definition) is 3. The van der Waals surface area contributed by atoms with Gasteiger partial charge in [0.25, 0.3) is 0 Å². The average Bonchev–Trinajstić information content (AvgIpc) is 2.73. The van der Waals surface area contributed by atoms with Gasteiger partial charge in [0.15, 0.2) is 0 Å². The van der Waals surface area contributed by atoms with E-state index in [-0.39, 0.29) is 5.41 Å². The molecule has 1 aromatic heterocycles. The summed E-state index contributed by atoms with van der Waals surface area (Å²) in [4.78, 5) is 0. The molecule has 4 nitrogen and oxygen atoms in total. The van der Waals surface area contributed by atoms with Crippen molar-refractivity contribution in [1.29, 1.82) is 0 Å². The predicted molar refractivity (Wildman–Crippen MR) is 59.7 cm³/mol. The van der Waals surface area contributed by atoms with Crippen molar-refractivity contribution in [2.45, 2.75) is 39.2 Å². The smallest absolute Gasteiger partial charge is 0.0730 e. The molecule has 84 valence electrons. The Hall–Kier alpha value is -0.900. The van der Waals surface area contributed by atoms with Crippen LogP contribution in [-0.2, 0) is 12.0 Å². The topological polar surface area (TPSA) is 42.7 Å². The SMILES string of the molecule is CC(C)(C)c1cnnn1CC1CCNC1. The summed E-state index contributed by atoms with van der Waals surface area (Å²) in [5, 5.41) is 11.6. The van der Waals surface area contributed by atoms with E-state index in [0.29, 0.717) is 5.92 Å². The molecular formula is C11H20N4. The van der Waals surface area contributed by atoms with Crippen LogP contribution >= 0.6 is 0 Å². The molecule has 1 fully saturated rings. The Bertz CT molecular complexity index is 318. The Morgan fingerprint density at radius 2 is 2.33 bits per heavy atom. The van der Waals surface area contributed by atoms with E-state index in [1.165, 1.54) is 12.1 Å². The van der Waals surface area contributed by atoms with Gasteiger partial charge in [-0.3, -0.25) is 0 Å². The second-order valence-electron chi connectivity index (χ2n) is 5.41. The summed E-state index contributed by atoms with van der Waals surface area (Å²) >= 11 is 0. The molecule has 1 atom stereocenters. The largest absolute Gasteiger partial charge is 0.316 e. The first kappa shape index (κ1) is 10.6. The van der Waals surface area contributed by atoms with Crippen molar-refractivity contribution in [2.75, 3.05) is 13.1 Å². The first-order chi connectivity index (χ1) is 7.07. The lowest BCUT2D eigenvalue weighted by molar-refractivity contribution is 0.403. The van der Waals surface area contributed by atoms with Gasteiger partial charge in [0.1, 0.15) is 0 Å². The lowest BCUT2D eigenvalue weighted by Gasteiger charge is -2.20. The fraction of sp³-hybridized carbons (Fsp3) is 0.818. The van der Waals surface area contributed by atoms with E-state index in [4.69, 9.17) is 0 Å². The Labute approximate surface area is 91.1 Å². The zero-order valence-electron chi connectivity index (χ0n) is 9.82. The van der Waals surface area contributed by atoms with E-state index >= 15 is 0 Å². The fourth-order valence-corrected chi connectivity index (χ4v) is 2.09. The van der Waals surface area contributed by atoms with Crippen LogP contribution < -0.4 is 5.32 Å². The summed E-state index contributed by atoms with van der Waals surface area (Å²) < 4.78 is 2.07. The number of nitrogens with zero attached hydrogens (tertiary/aromatic N) is 3. The zero-order valence-corrected chi connectivity index (χ0v) is 9.82. The molecule has 0 bridgehead atoms. The van der Waals surface area contributed by atoms with Gasteiger partial charge < -0.3 is 5.32 Å². The predicted octanol–water partition coefficient (Wildman–Crippen LogP) is 1.19. The summed E-state index contributed by atoms with van der Waals surface area (Å²) in [5.74, 6) is 0.716. The van der Waals surface area contributed by atoms with Crippen LogP contribution in [0, 0.1) is 5.92 Å². The van der Waals surface area contributed by atoms with E-state index in [2.05, 4.69) is 41.1 Å². The van der Waals surface area contributed by atoms with E-state index in [1.54, 1.807) is 0 Å². The number of hydrogen-bond donors (Lipinski definition) is 1. The molecule has 1 saturated heterocycles. The van der Waals surface area contributed by atoms with Crippen molar-refractivity contribution in [3.63, 3.8) is 0 Å². The lowest BCUT2D eigenvalue weighted by atomic mass is 9.92. The second kappa shape index (κ2) is 3.93. The van der Waals surface area contributed by atoms with E-state index < -0.39 is 0 Å². The molecule has 2 rings (SSSR count). The van der Waals surface area contributed by atoms with Crippen LogP contribution in [0.15, 0.2) is 6.20 Å². The van der Waals surface area contributed by atoms with Crippen molar-refractivity contribution >= 4 is 0 Å². The van der Waals surface area contributed by atoms with E-state index in [9.17, 15) is 0 Å². The normalized spacial score (nSPS) is 22.2. The highest BCUT2D eigenvalue weighted by Crippen LogP contribution is 2.22. The first-order valence-corrected chi connectivity index (χ1v) is 5.67. The number of rotatable bonds is 2. The summed E-state index contributed by atoms with van der Waals surface area (Å²) in [5.41, 5.74) is 1.37. The van der Waals surface area contributed by atoms with Crippen molar-refractivity contribution < 1.29 is 0 Å². The van der Waals surface area contributed by atoms with Crippen LogP contribution in [0.5, 0.6) is 0 Å². The Balaban J connectivity index is 2.11. The molecule has 1 aliphatic rings. The fourth-order valence-electron chi connectivity index (χ4n) is 2.09. The van der Waals surface area contributed by atoms with Gasteiger partial charge in [0.2, 0.25) is 0 Å². The Morgan fingerprint density at radius 1 is 1.53 bits per heavy atom. The molecular weight excluding hydrogens is 188 g/mol. The van der Waals surface area contributed by atoms with Crippen LogP contribution in [0.2, 0.25) is 0 Å². The van der Waals surface area contributed by atoms with Crippen molar-refractivity contribution in [3.05, 3.63) is 11.9 Å². The Kier molecular flexibility index (Phi) is 2.78. The van der Waals surface area contributed by atoms with Gasteiger partial charge in [0.05, 0.1) is 11.9 Å². The maximum absolute atomic E-state index is 4.19. The van der Waals surface area contributed by atoms with Crippen molar-refractivity contribution in [1.82, 2.24) is 20.3 Å². The molecule has 0 aliphatic carbocycles. The molecule has 1 N–H and O–H groups in total. The summed E-state index contributed by atoms with van der Waals surface area (Å²) in [7, 11) is 0. The third-order valence-corrected chi connectivity index (χ3v) is 2.98. The minimum absolute atomic E-state index is 0.134. The molecule has 15 heavy (non-hydrogen) atoms. The van der Waals surface area contributed by atoms with E-state index in [1.807, 2.05) is 6.20 Å². The molecule has 0 saturated carbocycles. The molecule has 1 aliphatic heterocycles. The molecule has 1 unspecified atom stereocenters. The van der Waals surface area contributed by atoms with Gasteiger partial charge in [-0.1, -0.05) is 26.0 Å². The number of nitrogens with one attached hydrogen (secondary N) is 1. The van der Waals surface area contributed by atoms with Crippen LogP contribution in [0.3, 0.4) is 0 Å². The van der Waals surface area contributed by atoms with Crippen molar-refractivity contribution in [3.8, 4) is 0 Å². The Morgan fingerprint density at radius 3 is 2.93 bits per heavy atom. The number of aromatic nitrogens is 3. The van der Waals surface area contributed by atoms with Crippen LogP contribution in [0.1, 0.15) is 32.9 Å². The minimum atomic E-state index is 0.134. The first-order valence-electron chi connectivity index (χ1n) is 5.67. The second-order valence-corrected chi connectivity index (χ2v) is 5.41. The van der Waals surface area contributed by atoms with Gasteiger partial charge in [-0.05, 0) is 25.4 Å². The zero-order chi connectivity index (χ0) is 10.9. The molecule has 0 spiro atoms. The highest BCUT2D eigenvalue weighted by Gasteiger charge is 2.22. The maximum Gasteiger partial charge on any atom is 0.0730 e. The molecule has 0 amide bonds. The third-order valence-electron chi connectivity index (χ3n) is 2.98. The van der Waals surface area contributed by atoms with Crippen LogP contribution in [-0.4, -0.2) is 28.1 Å². The molecule has 1 aromatic rings. The highest BCUT2D eigenvalue weighted by atomic mass is 15.4. The average molecular weight is 208 g/mol. The maximum atomic E-state index is 4.19. The minimum Gasteiger partial charge on any atom is -0.316 e. The molecule has 2 heterocycles. The third kappa shape index (κ3) is 2.37. The molecule has 0 aromatic carbocycles. The summed E-state index contributed by atoms with van der Waals surface area (Å²) in [6.45, 7) is 9.87. The lowest BCUT2D eigenvalue weighted by Crippen LogP contribution is -2.22. The highest BCUT2D eigenvalue weighted by molar-refractivity contribution is 5.07. The molecule has 4 heteroatoms. The van der Waals surface area contributed by atoms with Gasteiger partial charge >= 0.3 is 0 Å². The standard InChI is InChI=1S/C11H20N4/c1-11(2,3)10-7-13-14-15(10)8-9-4-5-12-6-9/h7,9,12H,4-6,8H2,1-3H3. The molecule has 0 radical (unpaired) electrons. The van der Waals surface area contributed by atoms with Crippen LogP contribution in [0.25, 0.3) is 0 Å². The quantitative estimate of drug-likeness (QED) is 0.793. The monoisotopic (exact) mass is 208 g/mol. The van der Waals surface area contributed by atoms with Crippen LogP contribution in [0.4, 0.5) is 0 Å².